The molecule has 0 aliphatic carbocycles. The Bertz CT molecular complexity index is 957. The molecule has 2 heterocycles. The number of anilines is 1. The fraction of sp³-hybridized carbons (Fsp3) is 0.105. The Hall–Kier alpha value is -3.41. The number of hydrogen-bond acceptors (Lipinski definition) is 4. The highest BCUT2D eigenvalue weighted by Gasteiger charge is 2.32. The molecule has 0 unspecified atom stereocenters. The number of rotatable bonds is 3. The third-order valence-electron chi connectivity index (χ3n) is 4.39. The summed E-state index contributed by atoms with van der Waals surface area (Å²) in [4.78, 5) is 16.2. The summed E-state index contributed by atoms with van der Waals surface area (Å²) >= 11 is 0. The van der Waals surface area contributed by atoms with Crippen LogP contribution in [0.25, 0.3) is 11.1 Å². The summed E-state index contributed by atoms with van der Waals surface area (Å²) in [5, 5.41) is 7.34. The van der Waals surface area contributed by atoms with E-state index < -0.39 is 5.91 Å². The molecular formula is C19H17N5O. The van der Waals surface area contributed by atoms with Gasteiger partial charge in [-0.2, -0.15) is 10.1 Å². The van der Waals surface area contributed by atoms with Crippen molar-refractivity contribution in [1.82, 2.24) is 14.8 Å². The molecule has 1 aliphatic rings. The molecule has 0 saturated carbocycles. The first-order chi connectivity index (χ1) is 12.1. The number of nitrogens with zero attached hydrogens (tertiary/aromatic N) is 3. The number of carbonyl (C=O) groups is 1. The number of hydrogen-bond donors (Lipinski definition) is 2. The SMILES string of the molecule is CC1=C(C(N)=O)[C@H](c2ccc(-c3ccccc3)cc2)n2ncnc2N1. The number of carbonyl (C=O) groups excluding carboxylic acids is 1. The lowest BCUT2D eigenvalue weighted by atomic mass is 9.93. The van der Waals surface area contributed by atoms with Gasteiger partial charge in [0.1, 0.15) is 12.4 Å². The Morgan fingerprint density at radius 1 is 1.08 bits per heavy atom. The van der Waals surface area contributed by atoms with Crippen LogP contribution in [-0.4, -0.2) is 20.7 Å². The summed E-state index contributed by atoms with van der Waals surface area (Å²) in [5.74, 6) is 0.128. The fourth-order valence-corrected chi connectivity index (χ4v) is 3.21. The van der Waals surface area contributed by atoms with Gasteiger partial charge in [0.2, 0.25) is 11.9 Å². The van der Waals surface area contributed by atoms with E-state index in [-0.39, 0.29) is 6.04 Å². The topological polar surface area (TPSA) is 85.8 Å². The first kappa shape index (κ1) is 15.1. The van der Waals surface area contributed by atoms with E-state index in [0.29, 0.717) is 17.2 Å². The van der Waals surface area contributed by atoms with Gasteiger partial charge in [-0.15, -0.1) is 0 Å². The molecule has 0 spiro atoms. The summed E-state index contributed by atoms with van der Waals surface area (Å²) < 4.78 is 1.69. The van der Waals surface area contributed by atoms with E-state index in [2.05, 4.69) is 27.5 Å². The van der Waals surface area contributed by atoms with Crippen LogP contribution in [0.3, 0.4) is 0 Å². The summed E-state index contributed by atoms with van der Waals surface area (Å²) in [5.41, 5.74) is 10.0. The van der Waals surface area contributed by atoms with Crippen LogP contribution < -0.4 is 11.1 Å². The molecule has 2 aromatic carbocycles. The molecule has 4 rings (SSSR count). The van der Waals surface area contributed by atoms with E-state index in [9.17, 15) is 4.79 Å². The lowest BCUT2D eigenvalue weighted by Gasteiger charge is -2.27. The van der Waals surface area contributed by atoms with Crippen LogP contribution in [0.5, 0.6) is 0 Å². The number of primary amides is 1. The molecule has 25 heavy (non-hydrogen) atoms. The van der Waals surface area contributed by atoms with E-state index in [0.717, 1.165) is 16.7 Å². The average Bonchev–Trinajstić information content (AvgIpc) is 3.09. The van der Waals surface area contributed by atoms with Crippen LogP contribution in [0, 0.1) is 0 Å². The number of aromatic nitrogens is 3. The maximum atomic E-state index is 12.0. The molecule has 6 nitrogen and oxygen atoms in total. The average molecular weight is 331 g/mol. The normalized spacial score (nSPS) is 16.3. The van der Waals surface area contributed by atoms with Crippen LogP contribution in [0.1, 0.15) is 18.5 Å². The molecule has 1 aliphatic heterocycles. The Balaban J connectivity index is 1.79. The van der Waals surface area contributed by atoms with Gasteiger partial charge in [-0.25, -0.2) is 4.68 Å². The van der Waals surface area contributed by atoms with Crippen molar-refractivity contribution in [2.45, 2.75) is 13.0 Å². The van der Waals surface area contributed by atoms with Gasteiger partial charge in [0, 0.05) is 5.70 Å². The second kappa shape index (κ2) is 5.90. The zero-order valence-electron chi connectivity index (χ0n) is 13.7. The van der Waals surface area contributed by atoms with E-state index in [1.165, 1.54) is 6.33 Å². The molecule has 0 bridgehead atoms. The van der Waals surface area contributed by atoms with Crippen LogP contribution >= 0.6 is 0 Å². The Labute approximate surface area is 145 Å². The number of nitrogens with two attached hydrogens (primary N) is 1. The molecule has 3 N–H and O–H groups in total. The van der Waals surface area contributed by atoms with E-state index in [1.807, 2.05) is 49.4 Å². The smallest absolute Gasteiger partial charge is 0.248 e. The predicted molar refractivity (Wildman–Crippen MR) is 95.6 cm³/mol. The van der Waals surface area contributed by atoms with Crippen molar-refractivity contribution in [3.8, 4) is 11.1 Å². The maximum Gasteiger partial charge on any atom is 0.248 e. The zero-order chi connectivity index (χ0) is 17.4. The van der Waals surface area contributed by atoms with Crippen molar-refractivity contribution < 1.29 is 4.79 Å². The van der Waals surface area contributed by atoms with Gasteiger partial charge in [-0.3, -0.25) is 4.79 Å². The van der Waals surface area contributed by atoms with Gasteiger partial charge >= 0.3 is 0 Å². The summed E-state index contributed by atoms with van der Waals surface area (Å²) in [6.45, 7) is 1.82. The third kappa shape index (κ3) is 2.57. The largest absolute Gasteiger partial charge is 0.366 e. The molecule has 0 radical (unpaired) electrons. The fourth-order valence-electron chi connectivity index (χ4n) is 3.21. The number of amides is 1. The van der Waals surface area contributed by atoms with E-state index in [4.69, 9.17) is 5.73 Å². The number of allylic oxidation sites excluding steroid dienone is 1. The molecule has 1 atom stereocenters. The van der Waals surface area contributed by atoms with Gasteiger partial charge in [0.25, 0.3) is 0 Å². The number of benzene rings is 2. The second-order valence-corrected chi connectivity index (χ2v) is 5.95. The molecule has 1 aromatic heterocycles. The first-order valence-electron chi connectivity index (χ1n) is 7.97. The Morgan fingerprint density at radius 2 is 1.76 bits per heavy atom. The minimum atomic E-state index is -0.469. The van der Waals surface area contributed by atoms with Gasteiger partial charge in [-0.1, -0.05) is 54.6 Å². The van der Waals surface area contributed by atoms with Crippen molar-refractivity contribution in [3.63, 3.8) is 0 Å². The van der Waals surface area contributed by atoms with Gasteiger partial charge in [-0.05, 0) is 23.6 Å². The highest BCUT2D eigenvalue weighted by Crippen LogP contribution is 2.35. The Kier molecular flexibility index (Phi) is 3.57. The highest BCUT2D eigenvalue weighted by molar-refractivity contribution is 5.95. The molecule has 6 heteroatoms. The van der Waals surface area contributed by atoms with Crippen LogP contribution in [-0.2, 0) is 4.79 Å². The first-order valence-corrected chi connectivity index (χ1v) is 7.97. The van der Waals surface area contributed by atoms with Crippen LogP contribution in [0.4, 0.5) is 5.95 Å². The number of nitrogens with one attached hydrogen (secondary N) is 1. The molecule has 0 saturated heterocycles. The van der Waals surface area contributed by atoms with Crippen molar-refractivity contribution in [2.75, 3.05) is 5.32 Å². The summed E-state index contributed by atoms with van der Waals surface area (Å²) in [6.07, 6.45) is 1.46. The minimum absolute atomic E-state index is 0.388. The predicted octanol–water partition coefficient (Wildman–Crippen LogP) is 2.72. The van der Waals surface area contributed by atoms with Crippen LogP contribution in [0.2, 0.25) is 0 Å². The highest BCUT2D eigenvalue weighted by atomic mass is 16.1. The second-order valence-electron chi connectivity index (χ2n) is 5.95. The standard InChI is InChI=1S/C19H17N5O/c1-12-16(18(20)25)17(24-19(23-12)21-11-22-24)15-9-7-14(8-10-15)13-5-3-2-4-6-13/h2-11,17H,1H3,(H2,20,25)(H,21,22,23)/t17-/m0/s1. The third-order valence-corrected chi connectivity index (χ3v) is 4.39. The van der Waals surface area contributed by atoms with E-state index in [1.54, 1.807) is 4.68 Å². The molecule has 124 valence electrons. The molecular weight excluding hydrogens is 314 g/mol. The van der Waals surface area contributed by atoms with Gasteiger partial charge < -0.3 is 11.1 Å². The quantitative estimate of drug-likeness (QED) is 0.773. The van der Waals surface area contributed by atoms with Crippen molar-refractivity contribution in [3.05, 3.63) is 77.8 Å². The monoisotopic (exact) mass is 331 g/mol. The summed E-state index contributed by atoms with van der Waals surface area (Å²) in [6, 6.07) is 17.8. The molecule has 1 amide bonds. The van der Waals surface area contributed by atoms with Crippen molar-refractivity contribution >= 4 is 11.9 Å². The van der Waals surface area contributed by atoms with Gasteiger partial charge in [0.05, 0.1) is 5.57 Å². The van der Waals surface area contributed by atoms with E-state index >= 15 is 0 Å². The lowest BCUT2D eigenvalue weighted by molar-refractivity contribution is -0.115. The molecule has 0 fully saturated rings. The van der Waals surface area contributed by atoms with Gasteiger partial charge in [0.15, 0.2) is 0 Å². The Morgan fingerprint density at radius 3 is 2.44 bits per heavy atom. The zero-order valence-corrected chi connectivity index (χ0v) is 13.7. The minimum Gasteiger partial charge on any atom is -0.366 e. The van der Waals surface area contributed by atoms with Crippen molar-refractivity contribution in [1.29, 1.82) is 0 Å². The van der Waals surface area contributed by atoms with Crippen molar-refractivity contribution in [2.24, 2.45) is 5.73 Å². The maximum absolute atomic E-state index is 12.0. The number of fused-ring (bicyclic) bond motifs is 1. The summed E-state index contributed by atoms with van der Waals surface area (Å²) in [7, 11) is 0. The molecule has 3 aromatic rings. The van der Waals surface area contributed by atoms with Crippen LogP contribution in [0.15, 0.2) is 72.2 Å². The lowest BCUT2D eigenvalue weighted by Crippen LogP contribution is -2.31.